The van der Waals surface area contributed by atoms with Gasteiger partial charge in [0.1, 0.15) is 5.01 Å². The normalized spacial score (nSPS) is 23.0. The lowest BCUT2D eigenvalue weighted by Gasteiger charge is -2.22. The summed E-state index contributed by atoms with van der Waals surface area (Å²) in [6, 6.07) is 8.69. The van der Waals surface area contributed by atoms with Crippen LogP contribution >= 0.6 is 23.1 Å². The summed E-state index contributed by atoms with van der Waals surface area (Å²) in [6.45, 7) is 0. The minimum atomic E-state index is -0.195. The van der Waals surface area contributed by atoms with E-state index in [1.165, 1.54) is 4.90 Å². The van der Waals surface area contributed by atoms with E-state index in [0.29, 0.717) is 0 Å². The second-order valence-corrected chi connectivity index (χ2v) is 7.48. The molecule has 1 aliphatic carbocycles. The van der Waals surface area contributed by atoms with Gasteiger partial charge in [-0.25, -0.2) is 4.68 Å². The molecule has 22 heavy (non-hydrogen) atoms. The van der Waals surface area contributed by atoms with Crippen LogP contribution in [0.1, 0.15) is 25.7 Å². The van der Waals surface area contributed by atoms with Crippen molar-refractivity contribution in [3.05, 3.63) is 29.1 Å². The molecule has 4 nitrogen and oxygen atoms in total. The van der Waals surface area contributed by atoms with Gasteiger partial charge in [-0.3, -0.25) is 4.99 Å². The van der Waals surface area contributed by atoms with Gasteiger partial charge in [0, 0.05) is 17.5 Å². The maximum Gasteiger partial charge on any atom is 0.203 e. The number of aromatic nitrogens is 2. The van der Waals surface area contributed by atoms with Crippen molar-refractivity contribution in [3.63, 3.8) is 0 Å². The number of rotatable bonds is 3. The van der Waals surface area contributed by atoms with Crippen LogP contribution in [0.15, 0.2) is 34.2 Å². The molecule has 2 aromatic rings. The van der Waals surface area contributed by atoms with Crippen molar-refractivity contribution >= 4 is 23.1 Å². The molecule has 3 rings (SSSR count). The Hall–Kier alpha value is -1.11. The minimum absolute atomic E-state index is 0.195. The number of benzene rings is 1. The first-order chi connectivity index (χ1) is 10.7. The lowest BCUT2D eigenvalue weighted by atomic mass is 9.94. The first-order valence-corrected chi connectivity index (χ1v) is 9.60. The molecule has 2 unspecified atom stereocenters. The molecule has 1 N–H and O–H groups in total. The van der Waals surface area contributed by atoms with Crippen LogP contribution in [-0.4, -0.2) is 33.3 Å². The summed E-state index contributed by atoms with van der Waals surface area (Å²) in [5.41, 5.74) is 1.13. The van der Waals surface area contributed by atoms with E-state index in [4.69, 9.17) is 4.99 Å². The molecule has 0 bridgehead atoms. The average Bonchev–Trinajstić information content (AvgIpc) is 2.88. The monoisotopic (exact) mass is 335 g/mol. The Balaban J connectivity index is 1.86. The second-order valence-electron chi connectivity index (χ2n) is 5.65. The minimum Gasteiger partial charge on any atom is -0.393 e. The molecular weight excluding hydrogens is 314 g/mol. The molecule has 0 saturated heterocycles. The molecule has 1 fully saturated rings. The van der Waals surface area contributed by atoms with E-state index in [9.17, 15) is 5.11 Å². The zero-order valence-electron chi connectivity index (χ0n) is 12.9. The topological polar surface area (TPSA) is 50.4 Å². The fraction of sp³-hybridized carbons (Fsp3) is 0.500. The maximum absolute atomic E-state index is 9.78. The molecule has 118 valence electrons. The van der Waals surface area contributed by atoms with Gasteiger partial charge in [-0.1, -0.05) is 23.5 Å². The van der Waals surface area contributed by atoms with Gasteiger partial charge < -0.3 is 5.11 Å². The Kier molecular flexibility index (Phi) is 5.00. The first-order valence-electron chi connectivity index (χ1n) is 7.56. The molecule has 0 aliphatic heterocycles. The van der Waals surface area contributed by atoms with E-state index in [-0.39, 0.29) is 12.1 Å². The number of aliphatic hydroxyl groups excluding tert-OH is 1. The molecule has 0 spiro atoms. The van der Waals surface area contributed by atoms with Crippen LogP contribution in [0.3, 0.4) is 0 Å². The third-order valence-corrected chi connectivity index (χ3v) is 5.76. The van der Waals surface area contributed by atoms with Gasteiger partial charge in [0.15, 0.2) is 0 Å². The van der Waals surface area contributed by atoms with Gasteiger partial charge in [-0.15, -0.1) is 11.8 Å². The Morgan fingerprint density at radius 1 is 1.32 bits per heavy atom. The number of hydrogen-bond donors (Lipinski definition) is 1. The molecule has 6 heteroatoms. The summed E-state index contributed by atoms with van der Waals surface area (Å²) >= 11 is 3.36. The smallest absolute Gasteiger partial charge is 0.203 e. The molecular formula is C16H21N3OS2. The number of hydrogen-bond acceptors (Lipinski definition) is 5. The standard InChI is InChI=1S/C16H21N3OS2/c1-19-16(17-12-4-3-5-13(20)10-12)22-15(18-19)11-6-8-14(21-2)9-7-11/h6-9,12-13,20H,3-5,10H2,1-2H3. The summed E-state index contributed by atoms with van der Waals surface area (Å²) < 4.78 is 1.85. The van der Waals surface area contributed by atoms with Gasteiger partial charge >= 0.3 is 0 Å². The number of aryl methyl sites for hydroxylation is 1. The quantitative estimate of drug-likeness (QED) is 0.877. The highest BCUT2D eigenvalue weighted by Gasteiger charge is 2.19. The average molecular weight is 335 g/mol. The number of aliphatic hydroxyl groups is 1. The molecule has 1 saturated carbocycles. The fourth-order valence-corrected chi connectivity index (χ4v) is 4.10. The van der Waals surface area contributed by atoms with E-state index in [2.05, 4.69) is 35.6 Å². The lowest BCUT2D eigenvalue weighted by molar-refractivity contribution is 0.120. The van der Waals surface area contributed by atoms with Crippen molar-refractivity contribution in [2.24, 2.45) is 12.0 Å². The third kappa shape index (κ3) is 3.62. The van der Waals surface area contributed by atoms with Crippen LogP contribution in [0.2, 0.25) is 0 Å². The van der Waals surface area contributed by atoms with E-state index in [1.807, 2.05) is 11.7 Å². The zero-order valence-corrected chi connectivity index (χ0v) is 14.5. The van der Waals surface area contributed by atoms with Crippen molar-refractivity contribution in [1.29, 1.82) is 0 Å². The summed E-state index contributed by atoms with van der Waals surface area (Å²) in [7, 11) is 1.94. The van der Waals surface area contributed by atoms with Crippen molar-refractivity contribution in [3.8, 4) is 10.6 Å². The summed E-state index contributed by atoms with van der Waals surface area (Å²) in [4.78, 5) is 6.99. The highest BCUT2D eigenvalue weighted by molar-refractivity contribution is 7.98. The van der Waals surface area contributed by atoms with Crippen LogP contribution in [0.4, 0.5) is 0 Å². The zero-order chi connectivity index (χ0) is 15.5. The van der Waals surface area contributed by atoms with Crippen LogP contribution in [0.5, 0.6) is 0 Å². The van der Waals surface area contributed by atoms with Crippen LogP contribution in [0, 0.1) is 0 Å². The highest BCUT2D eigenvalue weighted by Crippen LogP contribution is 2.24. The Morgan fingerprint density at radius 3 is 2.77 bits per heavy atom. The summed E-state index contributed by atoms with van der Waals surface area (Å²) in [5, 5.41) is 15.4. The second kappa shape index (κ2) is 6.98. The molecule has 0 radical (unpaired) electrons. The molecule has 1 aliphatic rings. The summed E-state index contributed by atoms with van der Waals surface area (Å²) in [6.07, 6.45) is 5.68. The Bertz CT molecular complexity index is 690. The largest absolute Gasteiger partial charge is 0.393 e. The summed E-state index contributed by atoms with van der Waals surface area (Å²) in [5.74, 6) is 0. The SMILES string of the molecule is CSc1ccc(-c2nn(C)c(=NC3CCCC(O)C3)s2)cc1. The Labute approximate surface area is 138 Å². The van der Waals surface area contributed by atoms with Gasteiger partial charge in [-0.2, -0.15) is 5.10 Å². The predicted octanol–water partition coefficient (Wildman–Crippen LogP) is 3.07. The number of nitrogens with zero attached hydrogens (tertiary/aromatic N) is 3. The van der Waals surface area contributed by atoms with Crippen molar-refractivity contribution < 1.29 is 5.11 Å². The lowest BCUT2D eigenvalue weighted by Crippen LogP contribution is -2.25. The van der Waals surface area contributed by atoms with E-state index in [0.717, 1.165) is 41.1 Å². The van der Waals surface area contributed by atoms with E-state index < -0.39 is 0 Å². The van der Waals surface area contributed by atoms with E-state index in [1.54, 1.807) is 23.1 Å². The molecule has 2 atom stereocenters. The van der Waals surface area contributed by atoms with Crippen LogP contribution < -0.4 is 4.80 Å². The van der Waals surface area contributed by atoms with Gasteiger partial charge in [0.2, 0.25) is 4.80 Å². The van der Waals surface area contributed by atoms with Crippen LogP contribution in [-0.2, 0) is 7.05 Å². The molecule has 1 aromatic heterocycles. The van der Waals surface area contributed by atoms with E-state index >= 15 is 0 Å². The molecule has 1 aromatic carbocycles. The van der Waals surface area contributed by atoms with Gasteiger partial charge in [-0.05, 0) is 44.1 Å². The highest BCUT2D eigenvalue weighted by atomic mass is 32.2. The first kappa shape index (κ1) is 15.8. The van der Waals surface area contributed by atoms with Crippen molar-refractivity contribution in [2.45, 2.75) is 42.7 Å². The fourth-order valence-electron chi connectivity index (χ4n) is 2.72. The third-order valence-electron chi connectivity index (χ3n) is 3.95. The molecule has 0 amide bonds. The van der Waals surface area contributed by atoms with Crippen molar-refractivity contribution in [2.75, 3.05) is 6.26 Å². The predicted molar refractivity (Wildman–Crippen MR) is 92.1 cm³/mol. The van der Waals surface area contributed by atoms with Crippen molar-refractivity contribution in [1.82, 2.24) is 9.78 Å². The number of thioether (sulfide) groups is 1. The van der Waals surface area contributed by atoms with Crippen LogP contribution in [0.25, 0.3) is 10.6 Å². The maximum atomic E-state index is 9.78. The Morgan fingerprint density at radius 2 is 2.09 bits per heavy atom. The van der Waals surface area contributed by atoms with Gasteiger partial charge in [0.25, 0.3) is 0 Å². The van der Waals surface area contributed by atoms with Gasteiger partial charge in [0.05, 0.1) is 12.1 Å². The molecule has 1 heterocycles.